The van der Waals surface area contributed by atoms with Gasteiger partial charge in [0, 0.05) is 61.2 Å². The standard InChI is InChI=1S/C28H33F3N6O3SSi/c1-42(2,3)12-10-40-24(25-32-9-11-41-25)16-7-8-17-18(14-33-22(17)13-16)23-19(28(29,30)31)15-34-26(37-23)35-20-5-4-6-21(20)36-27(38)39/h7-9,11,13-15,20-21,24,33,36H,4-6,10,12H2,1-3H3,(H,38,39)(H,34,35,37)/t20-,21?,24?/m0/s1. The number of carbonyl (C=O) groups is 1. The maximum absolute atomic E-state index is 14.1. The quantitative estimate of drug-likeness (QED) is 0.139. The number of anilines is 1. The summed E-state index contributed by atoms with van der Waals surface area (Å²) >= 11 is 1.49. The number of halogens is 3. The smallest absolute Gasteiger partial charge is 0.419 e. The summed E-state index contributed by atoms with van der Waals surface area (Å²) in [5.74, 6) is 0.00712. The van der Waals surface area contributed by atoms with E-state index in [1.807, 2.05) is 17.5 Å². The van der Waals surface area contributed by atoms with Gasteiger partial charge in [0.15, 0.2) is 0 Å². The van der Waals surface area contributed by atoms with Gasteiger partial charge in [-0.25, -0.2) is 19.7 Å². The molecule has 0 bridgehead atoms. The first-order valence-electron chi connectivity index (χ1n) is 13.7. The Morgan fingerprint density at radius 2 is 2.02 bits per heavy atom. The SMILES string of the molecule is C[Si](C)(C)CCOC(c1ccc2c(-c3nc(N[C@H]4CCCC4NC(=O)O)ncc3C(F)(F)F)c[nH]c2c1)c1nccs1. The summed E-state index contributed by atoms with van der Waals surface area (Å²) < 4.78 is 48.6. The second-order valence-electron chi connectivity index (χ2n) is 11.6. The van der Waals surface area contributed by atoms with Crippen LogP contribution < -0.4 is 10.6 Å². The molecule has 4 aromatic rings. The molecular weight excluding hydrogens is 585 g/mol. The Kier molecular flexibility index (Phi) is 8.58. The van der Waals surface area contributed by atoms with Gasteiger partial charge in [-0.15, -0.1) is 11.3 Å². The van der Waals surface area contributed by atoms with E-state index in [4.69, 9.17) is 9.84 Å². The van der Waals surface area contributed by atoms with Crippen LogP contribution in [0.2, 0.25) is 25.7 Å². The number of carboxylic acid groups (broad SMARTS) is 1. The maximum atomic E-state index is 14.1. The van der Waals surface area contributed by atoms with Crippen LogP contribution in [0.15, 0.2) is 42.2 Å². The summed E-state index contributed by atoms with van der Waals surface area (Å²) in [7, 11) is -1.32. The van der Waals surface area contributed by atoms with Crippen molar-refractivity contribution < 1.29 is 27.8 Å². The van der Waals surface area contributed by atoms with Crippen LogP contribution >= 0.6 is 11.3 Å². The molecule has 3 aromatic heterocycles. The van der Waals surface area contributed by atoms with Crippen molar-refractivity contribution in [2.45, 2.75) is 69.3 Å². The zero-order valence-electron chi connectivity index (χ0n) is 23.5. The van der Waals surface area contributed by atoms with E-state index in [0.29, 0.717) is 30.4 Å². The van der Waals surface area contributed by atoms with Gasteiger partial charge in [-0.05, 0) is 36.9 Å². The highest BCUT2D eigenvalue weighted by Gasteiger charge is 2.37. The lowest BCUT2D eigenvalue weighted by Crippen LogP contribution is -2.43. The monoisotopic (exact) mass is 618 g/mol. The van der Waals surface area contributed by atoms with Gasteiger partial charge in [-0.1, -0.05) is 31.8 Å². The highest BCUT2D eigenvalue weighted by molar-refractivity contribution is 7.09. The normalized spacial score (nSPS) is 18.3. The van der Waals surface area contributed by atoms with Gasteiger partial charge in [0.05, 0.1) is 11.7 Å². The molecule has 0 saturated heterocycles. The molecule has 42 heavy (non-hydrogen) atoms. The highest BCUT2D eigenvalue weighted by atomic mass is 32.1. The van der Waals surface area contributed by atoms with Crippen LogP contribution in [-0.4, -0.2) is 57.9 Å². The van der Waals surface area contributed by atoms with E-state index in [0.717, 1.165) is 29.2 Å². The molecule has 224 valence electrons. The van der Waals surface area contributed by atoms with E-state index in [1.165, 1.54) is 17.5 Å². The van der Waals surface area contributed by atoms with Gasteiger partial charge >= 0.3 is 12.3 Å². The van der Waals surface area contributed by atoms with E-state index >= 15 is 0 Å². The van der Waals surface area contributed by atoms with Crippen LogP contribution in [0.4, 0.5) is 23.9 Å². The van der Waals surface area contributed by atoms with Crippen molar-refractivity contribution in [1.29, 1.82) is 0 Å². The zero-order valence-corrected chi connectivity index (χ0v) is 25.3. The zero-order chi connectivity index (χ0) is 30.1. The lowest BCUT2D eigenvalue weighted by molar-refractivity contribution is -0.137. The number of hydrogen-bond acceptors (Lipinski definition) is 7. The first kappa shape index (κ1) is 30.0. The number of ether oxygens (including phenoxy) is 1. The number of rotatable bonds is 10. The number of aromatic amines is 1. The first-order chi connectivity index (χ1) is 19.9. The molecule has 9 nitrogen and oxygen atoms in total. The molecule has 1 aromatic carbocycles. The molecule has 0 radical (unpaired) electrons. The molecule has 1 fully saturated rings. The van der Waals surface area contributed by atoms with Crippen molar-refractivity contribution in [1.82, 2.24) is 25.3 Å². The molecule has 2 unspecified atom stereocenters. The maximum Gasteiger partial charge on any atom is 0.419 e. The fraction of sp³-hybridized carbons (Fsp3) is 0.429. The summed E-state index contributed by atoms with van der Waals surface area (Å²) in [6.45, 7) is 7.43. The van der Waals surface area contributed by atoms with Gasteiger partial charge in [0.2, 0.25) is 5.95 Å². The number of H-pyrrole nitrogens is 1. The molecule has 1 aliphatic rings. The van der Waals surface area contributed by atoms with Crippen molar-refractivity contribution in [3.63, 3.8) is 0 Å². The molecule has 1 aliphatic carbocycles. The molecule has 1 saturated carbocycles. The Morgan fingerprint density at radius 3 is 2.71 bits per heavy atom. The van der Waals surface area contributed by atoms with Crippen molar-refractivity contribution >= 4 is 42.4 Å². The number of alkyl halides is 3. The third kappa shape index (κ3) is 6.93. The number of amides is 1. The van der Waals surface area contributed by atoms with Gasteiger partial charge in [-0.3, -0.25) is 0 Å². The van der Waals surface area contributed by atoms with Crippen LogP contribution in [0.5, 0.6) is 0 Å². The van der Waals surface area contributed by atoms with E-state index in [-0.39, 0.29) is 29.3 Å². The number of fused-ring (bicyclic) bond motifs is 1. The molecular formula is C28H33F3N6O3SSi. The van der Waals surface area contributed by atoms with Gasteiger partial charge in [0.1, 0.15) is 16.7 Å². The second-order valence-corrected chi connectivity index (χ2v) is 18.2. The molecule has 1 amide bonds. The summed E-state index contributed by atoms with van der Waals surface area (Å²) in [6.07, 6.45) is -0.181. The largest absolute Gasteiger partial charge is 0.465 e. The van der Waals surface area contributed by atoms with Gasteiger partial charge in [-0.2, -0.15) is 13.2 Å². The van der Waals surface area contributed by atoms with Crippen LogP contribution in [0.3, 0.4) is 0 Å². The van der Waals surface area contributed by atoms with Crippen molar-refractivity contribution in [3.8, 4) is 11.3 Å². The fourth-order valence-corrected chi connectivity index (χ4v) is 6.59. The minimum absolute atomic E-state index is 0.00712. The third-order valence-electron chi connectivity index (χ3n) is 7.31. The summed E-state index contributed by atoms with van der Waals surface area (Å²) in [4.78, 5) is 27.0. The Hall–Kier alpha value is -3.49. The predicted molar refractivity (Wildman–Crippen MR) is 159 cm³/mol. The van der Waals surface area contributed by atoms with Crippen LogP contribution in [0, 0.1) is 0 Å². The molecule has 5 rings (SSSR count). The van der Waals surface area contributed by atoms with E-state index < -0.39 is 32.0 Å². The average molecular weight is 619 g/mol. The highest BCUT2D eigenvalue weighted by Crippen LogP contribution is 2.40. The number of thiazole rings is 1. The Bertz CT molecular complexity index is 1540. The number of nitrogens with one attached hydrogen (secondary N) is 3. The summed E-state index contributed by atoms with van der Waals surface area (Å²) in [6, 6.07) is 5.78. The van der Waals surface area contributed by atoms with E-state index in [2.05, 4.69) is 50.2 Å². The van der Waals surface area contributed by atoms with Crippen LogP contribution in [-0.2, 0) is 10.9 Å². The molecule has 0 spiro atoms. The van der Waals surface area contributed by atoms with Gasteiger partial charge in [0.25, 0.3) is 0 Å². The topological polar surface area (TPSA) is 125 Å². The predicted octanol–water partition coefficient (Wildman–Crippen LogP) is 7.15. The fourth-order valence-electron chi connectivity index (χ4n) is 5.15. The molecule has 3 atom stereocenters. The summed E-state index contributed by atoms with van der Waals surface area (Å²) in [5, 5.41) is 17.9. The minimum Gasteiger partial charge on any atom is -0.465 e. The van der Waals surface area contributed by atoms with Crippen molar-refractivity contribution in [2.75, 3.05) is 11.9 Å². The molecule has 0 aliphatic heterocycles. The van der Waals surface area contributed by atoms with Crippen LogP contribution in [0.1, 0.15) is 41.5 Å². The number of hydrogen-bond donors (Lipinski definition) is 4. The first-order valence-corrected chi connectivity index (χ1v) is 18.3. The van der Waals surface area contributed by atoms with Crippen LogP contribution in [0.25, 0.3) is 22.2 Å². The van der Waals surface area contributed by atoms with Crippen molar-refractivity contribution in [2.24, 2.45) is 0 Å². The molecule has 4 N–H and O–H groups in total. The Labute approximate surface area is 246 Å². The Morgan fingerprint density at radius 1 is 1.24 bits per heavy atom. The van der Waals surface area contributed by atoms with E-state index in [1.54, 1.807) is 12.3 Å². The lowest BCUT2D eigenvalue weighted by Gasteiger charge is -2.21. The molecule has 14 heteroatoms. The second kappa shape index (κ2) is 12.0. The average Bonchev–Trinajstić information content (AvgIpc) is 3.67. The van der Waals surface area contributed by atoms with Crippen molar-refractivity contribution in [3.05, 3.63) is 58.3 Å². The minimum atomic E-state index is -4.68. The Balaban J connectivity index is 1.48. The molecule has 3 heterocycles. The van der Waals surface area contributed by atoms with E-state index in [9.17, 15) is 18.0 Å². The number of nitrogens with zero attached hydrogens (tertiary/aromatic N) is 3. The summed E-state index contributed by atoms with van der Waals surface area (Å²) in [5.41, 5.74) is 0.551. The number of aromatic nitrogens is 4. The lowest BCUT2D eigenvalue weighted by atomic mass is 10.0. The third-order valence-corrected chi connectivity index (χ3v) is 9.83. The van der Waals surface area contributed by atoms with Gasteiger partial charge < -0.3 is 25.5 Å². The number of benzene rings is 1.